The zero-order valence-electron chi connectivity index (χ0n) is 17.9. The van der Waals surface area contributed by atoms with Crippen LogP contribution in [0.4, 0.5) is 4.79 Å². The third kappa shape index (κ3) is 4.92. The number of hydrogen-bond donors (Lipinski definition) is 1. The topological polar surface area (TPSA) is 65.6 Å². The minimum atomic E-state index is -0.130. The number of fused-ring (bicyclic) bond motifs is 1. The van der Waals surface area contributed by atoms with Crippen molar-refractivity contribution in [3.05, 3.63) is 40.2 Å². The van der Waals surface area contributed by atoms with E-state index in [2.05, 4.69) is 4.98 Å². The smallest absolute Gasteiger partial charge is 0.320 e. The number of carbonyl (C=O) groups is 1. The van der Waals surface area contributed by atoms with Gasteiger partial charge in [-0.2, -0.15) is 0 Å². The first-order valence-corrected chi connectivity index (χ1v) is 10.9. The van der Waals surface area contributed by atoms with Crippen molar-refractivity contribution >= 4 is 16.9 Å². The summed E-state index contributed by atoms with van der Waals surface area (Å²) in [7, 11) is 0. The summed E-state index contributed by atoms with van der Waals surface area (Å²) in [6, 6.07) is 7.80. The SMILES string of the molecule is CCOc1ccc2[nH]c(=O)c(CN(C(=O)N(CC)CC)C3CCCCC3)cc2c1. The maximum absolute atomic E-state index is 13.2. The number of hydrogen-bond acceptors (Lipinski definition) is 3. The van der Waals surface area contributed by atoms with E-state index in [0.29, 0.717) is 31.8 Å². The highest BCUT2D eigenvalue weighted by Crippen LogP contribution is 2.26. The lowest BCUT2D eigenvalue weighted by atomic mass is 9.94. The van der Waals surface area contributed by atoms with E-state index >= 15 is 0 Å². The molecule has 1 N–H and O–H groups in total. The first-order chi connectivity index (χ1) is 14.1. The van der Waals surface area contributed by atoms with Gasteiger partial charge in [-0.3, -0.25) is 4.79 Å². The van der Waals surface area contributed by atoms with Crippen LogP contribution in [0.5, 0.6) is 5.75 Å². The van der Waals surface area contributed by atoms with Gasteiger partial charge in [-0.25, -0.2) is 4.79 Å². The lowest BCUT2D eigenvalue weighted by Crippen LogP contribution is -2.48. The molecule has 0 saturated heterocycles. The first kappa shape index (κ1) is 21.2. The van der Waals surface area contributed by atoms with Gasteiger partial charge in [-0.1, -0.05) is 19.3 Å². The van der Waals surface area contributed by atoms with Crippen LogP contribution >= 0.6 is 0 Å². The van der Waals surface area contributed by atoms with Crippen molar-refractivity contribution < 1.29 is 9.53 Å². The number of pyridine rings is 1. The number of urea groups is 1. The van der Waals surface area contributed by atoms with Crippen LogP contribution in [0.1, 0.15) is 58.4 Å². The molecule has 0 spiro atoms. The largest absolute Gasteiger partial charge is 0.494 e. The summed E-state index contributed by atoms with van der Waals surface area (Å²) in [5.41, 5.74) is 1.27. The number of rotatable bonds is 7. The maximum Gasteiger partial charge on any atom is 0.320 e. The molecule has 1 saturated carbocycles. The number of carbonyl (C=O) groups excluding carboxylic acids is 1. The fourth-order valence-corrected chi connectivity index (χ4v) is 4.21. The molecule has 3 rings (SSSR count). The van der Waals surface area contributed by atoms with E-state index in [1.165, 1.54) is 6.42 Å². The van der Waals surface area contributed by atoms with Crippen LogP contribution in [0.2, 0.25) is 0 Å². The molecule has 6 nitrogen and oxygen atoms in total. The van der Waals surface area contributed by atoms with Crippen molar-refractivity contribution in [2.45, 2.75) is 65.5 Å². The minimum absolute atomic E-state index is 0.0319. The number of nitrogens with one attached hydrogen (secondary N) is 1. The minimum Gasteiger partial charge on any atom is -0.494 e. The quantitative estimate of drug-likeness (QED) is 0.744. The van der Waals surface area contributed by atoms with E-state index < -0.39 is 0 Å². The zero-order valence-corrected chi connectivity index (χ0v) is 17.9. The summed E-state index contributed by atoms with van der Waals surface area (Å²) in [6.45, 7) is 8.22. The van der Waals surface area contributed by atoms with Gasteiger partial charge in [0.25, 0.3) is 5.56 Å². The van der Waals surface area contributed by atoms with Crippen molar-refractivity contribution in [1.82, 2.24) is 14.8 Å². The normalized spacial score (nSPS) is 14.7. The Morgan fingerprint density at radius 3 is 2.48 bits per heavy atom. The molecule has 0 bridgehead atoms. The Labute approximate surface area is 172 Å². The van der Waals surface area contributed by atoms with Crippen LogP contribution in [-0.2, 0) is 6.54 Å². The highest BCUT2D eigenvalue weighted by atomic mass is 16.5. The Hall–Kier alpha value is -2.50. The van der Waals surface area contributed by atoms with Gasteiger partial charge < -0.3 is 19.5 Å². The molecule has 29 heavy (non-hydrogen) atoms. The number of aromatic nitrogens is 1. The van der Waals surface area contributed by atoms with Gasteiger partial charge in [0, 0.05) is 35.6 Å². The summed E-state index contributed by atoms with van der Waals surface area (Å²) in [4.78, 5) is 32.7. The summed E-state index contributed by atoms with van der Waals surface area (Å²) >= 11 is 0. The Kier molecular flexibility index (Phi) is 7.18. The molecule has 158 valence electrons. The van der Waals surface area contributed by atoms with E-state index in [0.717, 1.165) is 42.3 Å². The number of ether oxygens (including phenoxy) is 1. The van der Waals surface area contributed by atoms with Crippen molar-refractivity contribution in [3.8, 4) is 5.75 Å². The van der Waals surface area contributed by atoms with E-state index in [4.69, 9.17) is 4.74 Å². The molecule has 1 heterocycles. The van der Waals surface area contributed by atoms with Crippen molar-refractivity contribution in [1.29, 1.82) is 0 Å². The van der Waals surface area contributed by atoms with Gasteiger partial charge in [0.2, 0.25) is 0 Å². The molecule has 0 atom stereocenters. The fraction of sp³-hybridized carbons (Fsp3) is 0.565. The van der Waals surface area contributed by atoms with Crippen LogP contribution in [-0.4, -0.2) is 46.6 Å². The van der Waals surface area contributed by atoms with Crippen LogP contribution in [0.15, 0.2) is 29.1 Å². The average molecular weight is 400 g/mol. The molecule has 0 aliphatic heterocycles. The Morgan fingerprint density at radius 2 is 1.83 bits per heavy atom. The Morgan fingerprint density at radius 1 is 1.10 bits per heavy atom. The molecule has 0 radical (unpaired) electrons. The average Bonchev–Trinajstić information content (AvgIpc) is 2.74. The molecular weight excluding hydrogens is 366 g/mol. The van der Waals surface area contributed by atoms with Gasteiger partial charge in [0.15, 0.2) is 0 Å². The predicted molar refractivity (Wildman–Crippen MR) is 116 cm³/mol. The lowest BCUT2D eigenvalue weighted by Gasteiger charge is -2.37. The molecule has 1 fully saturated rings. The second-order valence-electron chi connectivity index (χ2n) is 7.68. The third-order valence-electron chi connectivity index (χ3n) is 5.84. The van der Waals surface area contributed by atoms with Crippen LogP contribution in [0.3, 0.4) is 0 Å². The number of nitrogens with zero attached hydrogens (tertiary/aromatic N) is 2. The van der Waals surface area contributed by atoms with E-state index in [1.54, 1.807) is 0 Å². The summed E-state index contributed by atoms with van der Waals surface area (Å²) in [5, 5.41) is 0.921. The fourth-order valence-electron chi connectivity index (χ4n) is 4.21. The van der Waals surface area contributed by atoms with Gasteiger partial charge in [0.05, 0.1) is 13.2 Å². The molecule has 0 unspecified atom stereocenters. The molecule has 2 aromatic rings. The number of H-pyrrole nitrogens is 1. The van der Waals surface area contributed by atoms with Crippen LogP contribution < -0.4 is 10.3 Å². The zero-order chi connectivity index (χ0) is 20.8. The molecular formula is C23H33N3O3. The Bertz CT molecular complexity index is 883. The highest BCUT2D eigenvalue weighted by molar-refractivity contribution is 5.81. The third-order valence-corrected chi connectivity index (χ3v) is 5.84. The van der Waals surface area contributed by atoms with Gasteiger partial charge in [-0.05, 0) is 57.9 Å². The van der Waals surface area contributed by atoms with Gasteiger partial charge in [0.1, 0.15) is 5.75 Å². The second kappa shape index (κ2) is 9.81. The van der Waals surface area contributed by atoms with E-state index in [1.807, 2.05) is 54.8 Å². The van der Waals surface area contributed by atoms with E-state index in [-0.39, 0.29) is 17.6 Å². The van der Waals surface area contributed by atoms with Crippen LogP contribution in [0, 0.1) is 0 Å². The molecule has 1 aliphatic rings. The molecule has 1 aromatic carbocycles. The van der Waals surface area contributed by atoms with Crippen LogP contribution in [0.25, 0.3) is 10.9 Å². The number of aromatic amines is 1. The predicted octanol–water partition coefficient (Wildman–Crippen LogP) is 4.52. The maximum atomic E-state index is 13.2. The highest BCUT2D eigenvalue weighted by Gasteiger charge is 2.28. The first-order valence-electron chi connectivity index (χ1n) is 10.9. The van der Waals surface area contributed by atoms with E-state index in [9.17, 15) is 9.59 Å². The lowest BCUT2D eigenvalue weighted by molar-refractivity contribution is 0.118. The van der Waals surface area contributed by atoms with Crippen molar-refractivity contribution in [2.24, 2.45) is 0 Å². The second-order valence-corrected chi connectivity index (χ2v) is 7.68. The molecule has 2 amide bonds. The number of benzene rings is 1. The standard InChI is InChI=1S/C23H33N3O3/c1-4-25(5-2)23(28)26(19-10-8-7-9-11-19)16-18-14-17-15-20(29-6-3)12-13-21(17)24-22(18)27/h12-15,19H,4-11,16H2,1-3H3,(H,24,27). The molecule has 1 aromatic heterocycles. The van der Waals surface area contributed by atoms with Gasteiger partial charge >= 0.3 is 6.03 Å². The van der Waals surface area contributed by atoms with Gasteiger partial charge in [-0.15, -0.1) is 0 Å². The summed E-state index contributed by atoms with van der Waals surface area (Å²) < 4.78 is 5.60. The van der Waals surface area contributed by atoms with Crippen molar-refractivity contribution in [3.63, 3.8) is 0 Å². The number of amides is 2. The Balaban J connectivity index is 1.94. The molecule has 6 heteroatoms. The molecule has 1 aliphatic carbocycles. The summed E-state index contributed by atoms with van der Waals surface area (Å²) in [5.74, 6) is 0.779. The summed E-state index contributed by atoms with van der Waals surface area (Å²) in [6.07, 6.45) is 5.51. The van der Waals surface area contributed by atoms with Crippen molar-refractivity contribution in [2.75, 3.05) is 19.7 Å². The monoisotopic (exact) mass is 399 g/mol.